The zero-order valence-electron chi connectivity index (χ0n) is 14.9. The maximum atomic E-state index is 12.7. The average Bonchev–Trinajstić information content (AvgIpc) is 3.24. The fourth-order valence-corrected chi connectivity index (χ4v) is 3.05. The minimum Gasteiger partial charge on any atom is -0.503 e. The van der Waals surface area contributed by atoms with Crippen molar-refractivity contribution in [3.05, 3.63) is 65.3 Å². The molecule has 1 N–H and O–H groups in total. The first-order valence-corrected chi connectivity index (χ1v) is 8.38. The van der Waals surface area contributed by atoms with Crippen molar-refractivity contribution in [2.45, 2.75) is 26.4 Å². The normalized spacial score (nSPS) is 17.3. The van der Waals surface area contributed by atoms with Crippen LogP contribution in [-0.4, -0.2) is 28.8 Å². The van der Waals surface area contributed by atoms with E-state index < -0.39 is 17.7 Å². The highest BCUT2D eigenvalue weighted by molar-refractivity contribution is 6.09. The number of rotatable bonds is 6. The topological polar surface area (TPSA) is 80.0 Å². The lowest BCUT2D eigenvalue weighted by Crippen LogP contribution is -2.30. The third-order valence-electron chi connectivity index (χ3n) is 4.42. The zero-order chi connectivity index (χ0) is 18.8. The molecule has 0 fully saturated rings. The molecule has 0 radical (unpaired) electrons. The van der Waals surface area contributed by atoms with Crippen LogP contribution < -0.4 is 4.74 Å². The Kier molecular flexibility index (Phi) is 4.84. The number of furan rings is 1. The van der Waals surface area contributed by atoms with Crippen LogP contribution in [0.4, 0.5) is 0 Å². The second-order valence-corrected chi connectivity index (χ2v) is 6.48. The molecule has 0 saturated heterocycles. The molecule has 136 valence electrons. The Balaban J connectivity index is 1.98. The van der Waals surface area contributed by atoms with Crippen molar-refractivity contribution in [2.75, 3.05) is 7.11 Å². The molecule has 1 unspecified atom stereocenters. The van der Waals surface area contributed by atoms with Gasteiger partial charge in [0.25, 0.3) is 5.91 Å². The van der Waals surface area contributed by atoms with Crippen molar-refractivity contribution >= 4 is 11.7 Å². The summed E-state index contributed by atoms with van der Waals surface area (Å²) in [5, 5.41) is 10.4. The molecule has 3 rings (SSSR count). The number of nitrogens with zero attached hydrogens (tertiary/aromatic N) is 1. The molecule has 1 aliphatic rings. The first-order chi connectivity index (χ1) is 12.4. The first-order valence-electron chi connectivity index (χ1n) is 8.38. The van der Waals surface area contributed by atoms with E-state index in [0.29, 0.717) is 11.5 Å². The molecular formula is C20H21NO5. The molecule has 0 bridgehead atoms. The van der Waals surface area contributed by atoms with Gasteiger partial charge in [0.15, 0.2) is 11.5 Å². The molecule has 1 aliphatic heterocycles. The van der Waals surface area contributed by atoms with E-state index in [0.717, 1.165) is 5.56 Å². The van der Waals surface area contributed by atoms with Gasteiger partial charge < -0.3 is 19.2 Å². The molecule has 2 aromatic rings. The number of benzene rings is 1. The fourth-order valence-electron chi connectivity index (χ4n) is 3.05. The van der Waals surface area contributed by atoms with E-state index in [2.05, 4.69) is 0 Å². The number of hydrogen-bond acceptors (Lipinski definition) is 5. The maximum absolute atomic E-state index is 12.7. The second-order valence-electron chi connectivity index (χ2n) is 6.48. The van der Waals surface area contributed by atoms with Crippen molar-refractivity contribution in [3.8, 4) is 5.75 Å². The Morgan fingerprint density at radius 3 is 2.50 bits per heavy atom. The molecule has 1 aromatic heterocycles. The Morgan fingerprint density at radius 1 is 1.27 bits per heavy atom. The van der Waals surface area contributed by atoms with Crippen LogP contribution in [0, 0.1) is 5.92 Å². The molecule has 26 heavy (non-hydrogen) atoms. The van der Waals surface area contributed by atoms with Crippen LogP contribution in [0.2, 0.25) is 0 Å². The SMILES string of the molecule is COc1ccc(CN2C(=O)C(O)=C(C(=O)C(C)C)C2c2ccco2)cc1. The van der Waals surface area contributed by atoms with Crippen LogP contribution in [0.15, 0.2) is 58.4 Å². The molecular weight excluding hydrogens is 334 g/mol. The number of hydrogen-bond donors (Lipinski definition) is 1. The van der Waals surface area contributed by atoms with Crippen LogP contribution in [0.1, 0.15) is 31.2 Å². The standard InChI is InChI=1S/C20H21NO5/c1-12(2)18(22)16-17(15-5-4-10-26-15)21(20(24)19(16)23)11-13-6-8-14(25-3)9-7-13/h4-10,12,17,23H,11H2,1-3H3. The summed E-state index contributed by atoms with van der Waals surface area (Å²) in [6, 6.07) is 9.92. The number of carbonyl (C=O) groups excluding carboxylic acids is 2. The van der Waals surface area contributed by atoms with Gasteiger partial charge in [-0.3, -0.25) is 9.59 Å². The van der Waals surface area contributed by atoms with E-state index in [1.807, 2.05) is 12.1 Å². The molecule has 1 atom stereocenters. The number of amides is 1. The number of methoxy groups -OCH3 is 1. The van der Waals surface area contributed by atoms with E-state index in [1.165, 1.54) is 11.2 Å². The molecule has 0 aliphatic carbocycles. The first kappa shape index (κ1) is 17.8. The highest BCUT2D eigenvalue weighted by atomic mass is 16.5. The van der Waals surface area contributed by atoms with Gasteiger partial charge in [-0.25, -0.2) is 0 Å². The van der Waals surface area contributed by atoms with Gasteiger partial charge in [0.05, 0.1) is 18.9 Å². The van der Waals surface area contributed by atoms with Crippen molar-refractivity contribution in [2.24, 2.45) is 5.92 Å². The molecule has 0 saturated carbocycles. The van der Waals surface area contributed by atoms with Gasteiger partial charge >= 0.3 is 0 Å². The lowest BCUT2D eigenvalue weighted by molar-refractivity contribution is -0.130. The predicted molar refractivity (Wildman–Crippen MR) is 94.5 cm³/mol. The summed E-state index contributed by atoms with van der Waals surface area (Å²) in [6.45, 7) is 3.70. The lowest BCUT2D eigenvalue weighted by atomic mass is 9.94. The molecule has 1 aromatic carbocycles. The zero-order valence-corrected chi connectivity index (χ0v) is 14.9. The van der Waals surface area contributed by atoms with Gasteiger partial charge in [-0.05, 0) is 29.8 Å². The van der Waals surface area contributed by atoms with Crippen LogP contribution in [0.5, 0.6) is 5.75 Å². The van der Waals surface area contributed by atoms with Crippen LogP contribution in [-0.2, 0) is 16.1 Å². The fraction of sp³-hybridized carbons (Fsp3) is 0.300. The van der Waals surface area contributed by atoms with Gasteiger partial charge in [-0.15, -0.1) is 0 Å². The molecule has 6 nitrogen and oxygen atoms in total. The van der Waals surface area contributed by atoms with E-state index in [-0.39, 0.29) is 23.8 Å². The molecule has 2 heterocycles. The summed E-state index contributed by atoms with van der Waals surface area (Å²) >= 11 is 0. The van der Waals surface area contributed by atoms with E-state index in [9.17, 15) is 14.7 Å². The third-order valence-corrected chi connectivity index (χ3v) is 4.42. The summed E-state index contributed by atoms with van der Waals surface area (Å²) in [5.41, 5.74) is 0.940. The Bertz CT molecular complexity index is 834. The quantitative estimate of drug-likeness (QED) is 0.859. The minimum atomic E-state index is -0.741. The number of ketones is 1. The van der Waals surface area contributed by atoms with Gasteiger partial charge in [0.2, 0.25) is 0 Å². The number of carbonyl (C=O) groups is 2. The van der Waals surface area contributed by atoms with E-state index in [4.69, 9.17) is 9.15 Å². The predicted octanol–water partition coefficient (Wildman–Crippen LogP) is 3.41. The van der Waals surface area contributed by atoms with Crippen LogP contribution in [0.3, 0.4) is 0 Å². The van der Waals surface area contributed by atoms with Crippen LogP contribution >= 0.6 is 0 Å². The van der Waals surface area contributed by atoms with Gasteiger partial charge in [0.1, 0.15) is 17.6 Å². The Hall–Kier alpha value is -3.02. The summed E-state index contributed by atoms with van der Waals surface area (Å²) in [5.74, 6) is -0.543. The summed E-state index contributed by atoms with van der Waals surface area (Å²) in [4.78, 5) is 26.8. The van der Waals surface area contributed by atoms with Crippen molar-refractivity contribution in [3.63, 3.8) is 0 Å². The third kappa shape index (κ3) is 3.10. The van der Waals surface area contributed by atoms with Gasteiger partial charge in [-0.1, -0.05) is 26.0 Å². The lowest BCUT2D eigenvalue weighted by Gasteiger charge is -2.25. The Labute approximate surface area is 151 Å². The Morgan fingerprint density at radius 2 is 1.96 bits per heavy atom. The summed E-state index contributed by atoms with van der Waals surface area (Å²) < 4.78 is 10.6. The number of aliphatic hydroxyl groups is 1. The highest BCUT2D eigenvalue weighted by Crippen LogP contribution is 2.40. The van der Waals surface area contributed by atoms with E-state index in [1.54, 1.807) is 45.2 Å². The second kappa shape index (κ2) is 7.07. The highest BCUT2D eigenvalue weighted by Gasteiger charge is 2.45. The minimum absolute atomic E-state index is 0.0912. The average molecular weight is 355 g/mol. The molecule has 1 amide bonds. The van der Waals surface area contributed by atoms with E-state index >= 15 is 0 Å². The number of aliphatic hydroxyl groups excluding tert-OH is 1. The van der Waals surface area contributed by atoms with Gasteiger partial charge in [0, 0.05) is 12.5 Å². The van der Waals surface area contributed by atoms with Crippen molar-refractivity contribution < 1.29 is 23.8 Å². The maximum Gasteiger partial charge on any atom is 0.290 e. The summed E-state index contributed by atoms with van der Waals surface area (Å²) in [6.07, 6.45) is 1.48. The van der Waals surface area contributed by atoms with Crippen molar-refractivity contribution in [1.82, 2.24) is 4.90 Å². The van der Waals surface area contributed by atoms with Crippen molar-refractivity contribution in [1.29, 1.82) is 0 Å². The van der Waals surface area contributed by atoms with Gasteiger partial charge in [-0.2, -0.15) is 0 Å². The molecule has 0 spiro atoms. The molecule has 6 heteroatoms. The smallest absolute Gasteiger partial charge is 0.290 e. The number of ether oxygens (including phenoxy) is 1. The number of Topliss-reactive ketones (excluding diaryl/α,β-unsaturated/α-hetero) is 1. The largest absolute Gasteiger partial charge is 0.503 e. The summed E-state index contributed by atoms with van der Waals surface area (Å²) in [7, 11) is 1.58. The van der Waals surface area contributed by atoms with Crippen LogP contribution in [0.25, 0.3) is 0 Å². The monoisotopic (exact) mass is 355 g/mol.